The zero-order valence-corrected chi connectivity index (χ0v) is 30.3. The first-order chi connectivity index (χ1) is 15.7. The summed E-state index contributed by atoms with van der Waals surface area (Å²) in [7, 11) is -6.36. The van der Waals surface area contributed by atoms with E-state index in [0.29, 0.717) is 5.92 Å². The molecule has 0 N–H and O–H groups in total. The van der Waals surface area contributed by atoms with Gasteiger partial charge in [0.1, 0.15) is 0 Å². The van der Waals surface area contributed by atoms with Crippen LogP contribution < -0.4 is 28.3 Å². The van der Waals surface area contributed by atoms with Gasteiger partial charge in [0, 0.05) is 0 Å². The Balaban J connectivity index is 2.71. The lowest BCUT2D eigenvalue weighted by atomic mass is 10.3. The Morgan fingerprint density at radius 2 is 0.800 bits per heavy atom. The molecule has 2 aromatic carbocycles. The molecule has 0 aliphatic heterocycles. The predicted octanol–water partition coefficient (Wildman–Crippen LogP) is 6.47. The van der Waals surface area contributed by atoms with Gasteiger partial charge in [-0.3, -0.25) is 0 Å². The minimum atomic E-state index is -2.06. The van der Waals surface area contributed by atoms with Crippen molar-refractivity contribution in [1.82, 2.24) is 0 Å². The lowest BCUT2D eigenvalue weighted by Crippen LogP contribution is -2.51. The largest absolute Gasteiger partial charge is 0.857 e. The molecule has 2 aromatic rings. The van der Waals surface area contributed by atoms with E-state index in [1.54, 1.807) is 0 Å². The second-order valence-corrected chi connectivity index (χ2v) is 36.6. The van der Waals surface area contributed by atoms with Gasteiger partial charge in [0.25, 0.3) is 0 Å². The highest BCUT2D eigenvalue weighted by Crippen LogP contribution is 2.23. The molecule has 0 aromatic heterocycles. The lowest BCUT2D eigenvalue weighted by molar-refractivity contribution is 0.416. The molecular weight excluding hydrogens is 508 g/mol. The van der Waals surface area contributed by atoms with Crippen LogP contribution >= 0.6 is 0 Å². The summed E-state index contributed by atoms with van der Waals surface area (Å²) >= 11 is -2.06. The number of para-hydroxylation sites is 2. The molecule has 0 amide bonds. The number of hydrogen-bond acceptors (Lipinski definition) is 2. The van der Waals surface area contributed by atoms with Crippen molar-refractivity contribution >= 4 is 67.9 Å². The molecule has 0 atom stereocenters. The third-order valence-corrected chi connectivity index (χ3v) is 16.8. The molecule has 0 aliphatic carbocycles. The van der Waals surface area contributed by atoms with E-state index < -0.39 is 47.1 Å². The first-order valence-electron chi connectivity index (χ1n) is 13.3. The van der Waals surface area contributed by atoms with Crippen molar-refractivity contribution in [1.29, 1.82) is 0 Å². The van der Waals surface area contributed by atoms with Gasteiger partial charge in [0.15, 0.2) is 0 Å². The third kappa shape index (κ3) is 8.21. The molecule has 7 heteroatoms. The molecule has 2 nitrogen and oxygen atoms in total. The van der Waals surface area contributed by atoms with Gasteiger partial charge in [-0.2, -0.15) is 0 Å². The fourth-order valence-electron chi connectivity index (χ4n) is 4.46. The summed E-state index contributed by atoms with van der Waals surface area (Å²) in [5, 5.41) is 6.81. The Hall–Kier alpha value is -0.560. The van der Waals surface area contributed by atoms with E-state index in [1.807, 2.05) is 0 Å². The van der Waals surface area contributed by atoms with Crippen LogP contribution in [0.15, 0.2) is 36.4 Å². The highest BCUT2D eigenvalue weighted by Gasteiger charge is 2.40. The van der Waals surface area contributed by atoms with Crippen molar-refractivity contribution in [3.05, 3.63) is 36.4 Å². The Bertz CT molecular complexity index is 868. The second-order valence-electron chi connectivity index (χ2n) is 14.7. The summed E-state index contributed by atoms with van der Waals surface area (Å²) < 4.78 is 14.4. The van der Waals surface area contributed by atoms with Crippen LogP contribution in [0.25, 0.3) is 0 Å². The van der Waals surface area contributed by atoms with E-state index in [2.05, 4.69) is 129 Å². The average Bonchev–Trinajstić information content (AvgIpc) is 2.64. The van der Waals surface area contributed by atoms with Crippen LogP contribution in [0.4, 0.5) is 0 Å². The summed E-state index contributed by atoms with van der Waals surface area (Å²) in [6, 6.07) is 13.8. The normalized spacial score (nSPS) is 13.2. The maximum atomic E-state index is 7.20. The van der Waals surface area contributed by atoms with E-state index in [0.717, 1.165) is 5.28 Å². The Morgan fingerprint density at radius 3 is 1.00 bits per heavy atom. The van der Waals surface area contributed by atoms with Crippen LogP contribution in [0, 0.1) is 5.92 Å². The molecule has 35 heavy (non-hydrogen) atoms. The van der Waals surface area contributed by atoms with Gasteiger partial charge in [-0.1, -0.05) is 135 Å². The third-order valence-electron chi connectivity index (χ3n) is 6.42. The summed E-state index contributed by atoms with van der Waals surface area (Å²) in [6.45, 7) is 33.9. The molecule has 0 bridgehead atoms. The van der Waals surface area contributed by atoms with Gasteiger partial charge in [0.2, 0.25) is 0 Å². The van der Waals surface area contributed by atoms with E-state index in [9.17, 15) is 0 Å². The molecule has 0 heterocycles. The Labute approximate surface area is 226 Å². The van der Waals surface area contributed by atoms with Crippen LogP contribution in [0.3, 0.4) is 0 Å². The maximum absolute atomic E-state index is 7.20. The van der Waals surface area contributed by atoms with Gasteiger partial charge < -0.3 is 7.58 Å². The predicted molar refractivity (Wildman–Crippen MR) is 171 cm³/mol. The zero-order chi connectivity index (χ0) is 27.0. The molecule has 0 fully saturated rings. The van der Waals surface area contributed by atoms with E-state index in [1.165, 1.54) is 32.2 Å². The summed E-state index contributed by atoms with van der Waals surface area (Å²) in [5.74, 6) is 2.90. The summed E-state index contributed by atoms with van der Waals surface area (Å²) in [6.07, 6.45) is 0. The number of rotatable bonds is 10. The summed E-state index contributed by atoms with van der Waals surface area (Å²) in [5.41, 5.74) is 0. The van der Waals surface area contributed by atoms with Crippen LogP contribution in [-0.2, 0) is 0 Å². The van der Waals surface area contributed by atoms with Crippen molar-refractivity contribution in [3.8, 4) is 11.5 Å². The smallest absolute Gasteiger partial charge is 0.612 e. The van der Waals surface area contributed by atoms with Crippen LogP contribution in [0.5, 0.6) is 11.5 Å². The standard InChI is InChI=1S/2C12H22OSi2.C4H9.Al/c2*1-14(2,3)10-8-7-9-11(12(10)13)15(4,5)6;1-4(2)3;/h2*7-9,13H,1-6H3;4H,1H2,2-3H3;/q;;;+2/p-2. The van der Waals surface area contributed by atoms with Gasteiger partial charge >= 0.3 is 14.8 Å². The number of benzene rings is 2. The van der Waals surface area contributed by atoms with Gasteiger partial charge in [-0.05, 0) is 26.0 Å². The molecule has 194 valence electrons. The Kier molecular flexibility index (Phi) is 9.68. The average molecular weight is 559 g/mol. The molecule has 0 saturated heterocycles. The fraction of sp³-hybridized carbons (Fsp3) is 0.571. The second kappa shape index (κ2) is 11.0. The van der Waals surface area contributed by atoms with E-state index >= 15 is 0 Å². The van der Waals surface area contributed by atoms with Crippen molar-refractivity contribution in [2.45, 2.75) is 97.7 Å². The SMILES string of the molecule is CC(C)[CH2][Al]([O]c1c([Si](C)(C)C)cccc1[Si](C)(C)C)[O]c1c([Si](C)(C)C)cccc1[Si](C)(C)C. The lowest BCUT2D eigenvalue weighted by Gasteiger charge is -2.33. The van der Waals surface area contributed by atoms with Crippen molar-refractivity contribution < 1.29 is 7.58 Å². The van der Waals surface area contributed by atoms with Crippen LogP contribution in [-0.4, -0.2) is 47.1 Å². The van der Waals surface area contributed by atoms with Crippen molar-refractivity contribution in [2.24, 2.45) is 5.92 Å². The van der Waals surface area contributed by atoms with E-state index in [4.69, 9.17) is 7.58 Å². The van der Waals surface area contributed by atoms with Gasteiger partial charge in [-0.15, -0.1) is 0 Å². The highest BCUT2D eigenvalue weighted by atomic mass is 28.3. The Morgan fingerprint density at radius 1 is 0.543 bits per heavy atom. The van der Waals surface area contributed by atoms with Crippen LogP contribution in [0.2, 0.25) is 83.8 Å². The topological polar surface area (TPSA) is 18.5 Å². The minimum Gasteiger partial charge on any atom is -0.612 e. The van der Waals surface area contributed by atoms with Gasteiger partial charge in [0.05, 0.1) is 43.8 Å². The first kappa shape index (κ1) is 30.7. The zero-order valence-electron chi connectivity index (χ0n) is 25.1. The molecule has 0 saturated carbocycles. The van der Waals surface area contributed by atoms with Crippen LogP contribution in [0.1, 0.15) is 13.8 Å². The van der Waals surface area contributed by atoms with Gasteiger partial charge in [-0.25, -0.2) is 0 Å². The molecule has 0 aliphatic rings. The van der Waals surface area contributed by atoms with Crippen molar-refractivity contribution in [3.63, 3.8) is 0 Å². The minimum absolute atomic E-state index is 0.537. The maximum Gasteiger partial charge on any atom is 0.857 e. The first-order valence-corrected chi connectivity index (χ1v) is 29.1. The summed E-state index contributed by atoms with van der Waals surface area (Å²) in [4.78, 5) is 0. The highest BCUT2D eigenvalue weighted by molar-refractivity contribution is 6.94. The molecule has 2 rings (SSSR count). The number of hydrogen-bond donors (Lipinski definition) is 0. The quantitative estimate of drug-likeness (QED) is 0.311. The fourth-order valence-corrected chi connectivity index (χ4v) is 13.1. The van der Waals surface area contributed by atoms with E-state index in [-0.39, 0.29) is 0 Å². The molecular formula is C28H51AlO2Si4. The van der Waals surface area contributed by atoms with Crippen molar-refractivity contribution in [2.75, 3.05) is 0 Å². The molecule has 0 radical (unpaired) electrons. The monoisotopic (exact) mass is 558 g/mol. The molecule has 0 unspecified atom stereocenters. The molecule has 0 spiro atoms.